The number of H-pyrrole nitrogens is 1. The van der Waals surface area contributed by atoms with E-state index in [1.165, 1.54) is 11.8 Å². The summed E-state index contributed by atoms with van der Waals surface area (Å²) in [6, 6.07) is 11.9. The quantitative estimate of drug-likeness (QED) is 0.692. The molecule has 1 amide bonds. The van der Waals surface area contributed by atoms with E-state index in [0.29, 0.717) is 5.75 Å². The summed E-state index contributed by atoms with van der Waals surface area (Å²) in [4.78, 5) is 17.9. The van der Waals surface area contributed by atoms with Crippen LogP contribution >= 0.6 is 11.8 Å². The van der Waals surface area contributed by atoms with Crippen LogP contribution in [0.15, 0.2) is 41.6 Å². The predicted molar refractivity (Wildman–Crippen MR) is 100 cm³/mol. The van der Waals surface area contributed by atoms with Gasteiger partial charge < -0.3 is 5.32 Å². The number of anilines is 1. The molecule has 6 nitrogen and oxygen atoms in total. The number of aryl methyl sites for hydroxylation is 3. The molecular formula is C17H23N5OS. The van der Waals surface area contributed by atoms with Crippen LogP contribution in [0.2, 0.25) is 0 Å². The van der Waals surface area contributed by atoms with Crippen LogP contribution in [0.4, 0.5) is 5.69 Å². The molecule has 7 heteroatoms. The summed E-state index contributed by atoms with van der Waals surface area (Å²) in [5.74, 6) is 0.270. The van der Waals surface area contributed by atoms with Crippen molar-refractivity contribution < 1.29 is 7.65 Å². The van der Waals surface area contributed by atoms with Crippen molar-refractivity contribution in [1.29, 1.82) is 0 Å². The molecule has 2 heterocycles. The van der Waals surface area contributed by atoms with Crippen LogP contribution in [0.25, 0.3) is 11.1 Å². The Hall–Kier alpha value is -2.54. The SMILES string of the molecule is Cc1cc(-c2ccc(NC(=O)CSc3nn(C)[nH]3)cc2)cc(C)n1.[HH].[HH]. The molecule has 0 spiro atoms. The number of pyridine rings is 1. The zero-order valence-corrected chi connectivity index (χ0v) is 14.6. The maximum Gasteiger partial charge on any atom is 0.234 e. The molecule has 3 aromatic rings. The summed E-state index contributed by atoms with van der Waals surface area (Å²) in [7, 11) is 1.80. The smallest absolute Gasteiger partial charge is 0.234 e. The van der Waals surface area contributed by atoms with Gasteiger partial charge >= 0.3 is 0 Å². The lowest BCUT2D eigenvalue weighted by Crippen LogP contribution is -2.17. The van der Waals surface area contributed by atoms with Crippen LogP contribution in [0, 0.1) is 13.8 Å². The molecule has 0 aliphatic carbocycles. The van der Waals surface area contributed by atoms with E-state index in [2.05, 4.69) is 32.6 Å². The molecule has 0 unspecified atom stereocenters. The number of aromatic nitrogens is 4. The number of thioether (sulfide) groups is 1. The molecule has 2 N–H and O–H groups in total. The summed E-state index contributed by atoms with van der Waals surface area (Å²) in [5, 5.41) is 10.7. The maximum atomic E-state index is 11.9. The lowest BCUT2D eigenvalue weighted by atomic mass is 10.0. The van der Waals surface area contributed by atoms with Crippen molar-refractivity contribution in [2.24, 2.45) is 7.05 Å². The Bertz CT molecular complexity index is 828. The predicted octanol–water partition coefficient (Wildman–Crippen LogP) is 3.65. The van der Waals surface area contributed by atoms with Crippen molar-refractivity contribution in [1.82, 2.24) is 20.0 Å². The van der Waals surface area contributed by atoms with Crippen LogP contribution in [-0.2, 0) is 11.8 Å². The Morgan fingerprint density at radius 1 is 1.21 bits per heavy atom. The topological polar surface area (TPSA) is 75.6 Å². The Labute approximate surface area is 147 Å². The molecule has 0 aliphatic heterocycles. The average Bonchev–Trinajstić information content (AvgIpc) is 2.50. The first-order valence-electron chi connectivity index (χ1n) is 7.57. The van der Waals surface area contributed by atoms with Gasteiger partial charge in [0.2, 0.25) is 11.1 Å². The number of aromatic amines is 1. The molecule has 0 bridgehead atoms. The largest absolute Gasteiger partial charge is 0.325 e. The van der Waals surface area contributed by atoms with E-state index in [1.807, 2.05) is 38.1 Å². The fourth-order valence-electron chi connectivity index (χ4n) is 2.42. The highest BCUT2D eigenvalue weighted by Gasteiger charge is 2.08. The standard InChI is InChI=1S/C17H19N5OS.2H2/c1-11-8-14(9-12(2)18-11)13-4-6-15(7-5-13)19-16(23)10-24-17-20-22(3)21-17;;/h4-9H,10H2,1-3H3,(H,19,23)(H,20,21);2*1H. The minimum atomic E-state index is -0.0533. The fourth-order valence-corrected chi connectivity index (χ4v) is 3.13. The Morgan fingerprint density at radius 2 is 1.83 bits per heavy atom. The van der Waals surface area contributed by atoms with E-state index in [9.17, 15) is 4.79 Å². The zero-order valence-electron chi connectivity index (χ0n) is 13.8. The third kappa shape index (κ3) is 4.05. The molecule has 24 heavy (non-hydrogen) atoms. The van der Waals surface area contributed by atoms with Crippen molar-refractivity contribution in [3.8, 4) is 11.1 Å². The first kappa shape index (κ1) is 16.3. The molecule has 0 atom stereocenters. The van der Waals surface area contributed by atoms with E-state index in [4.69, 9.17) is 0 Å². The lowest BCUT2D eigenvalue weighted by Gasteiger charge is -2.09. The van der Waals surface area contributed by atoms with Crippen molar-refractivity contribution in [2.45, 2.75) is 19.0 Å². The van der Waals surface area contributed by atoms with Gasteiger partial charge in [-0.2, -0.15) is 0 Å². The Kier molecular flexibility index (Phi) is 4.71. The van der Waals surface area contributed by atoms with E-state index < -0.39 is 0 Å². The molecule has 128 valence electrons. The summed E-state index contributed by atoms with van der Waals surface area (Å²) in [5.41, 5.74) is 5.02. The van der Waals surface area contributed by atoms with E-state index >= 15 is 0 Å². The van der Waals surface area contributed by atoms with E-state index in [0.717, 1.165) is 33.4 Å². The number of carbonyl (C=O) groups excluding carboxylic acids is 1. The second-order valence-electron chi connectivity index (χ2n) is 5.59. The number of benzene rings is 1. The van der Waals surface area contributed by atoms with Crippen molar-refractivity contribution in [3.63, 3.8) is 0 Å². The fraction of sp³-hybridized carbons (Fsp3) is 0.235. The number of hydrogen-bond donors (Lipinski definition) is 2. The van der Waals surface area contributed by atoms with E-state index in [-0.39, 0.29) is 8.76 Å². The molecule has 3 rings (SSSR count). The Morgan fingerprint density at radius 3 is 2.42 bits per heavy atom. The summed E-state index contributed by atoms with van der Waals surface area (Å²) >= 11 is 1.38. The van der Waals surface area contributed by atoms with Gasteiger partial charge in [-0.3, -0.25) is 14.9 Å². The maximum absolute atomic E-state index is 11.9. The summed E-state index contributed by atoms with van der Waals surface area (Å²) in [6.45, 7) is 3.98. The first-order valence-corrected chi connectivity index (χ1v) is 8.55. The van der Waals surface area contributed by atoms with Crippen molar-refractivity contribution >= 4 is 23.4 Å². The third-order valence-corrected chi connectivity index (χ3v) is 4.27. The van der Waals surface area contributed by atoms with E-state index in [1.54, 1.807) is 11.8 Å². The molecule has 0 saturated heterocycles. The van der Waals surface area contributed by atoms with Gasteiger partial charge in [-0.05, 0) is 49.2 Å². The Balaban J connectivity index is 0.00000169. The van der Waals surface area contributed by atoms with Crippen LogP contribution in [-0.4, -0.2) is 31.6 Å². The van der Waals surface area contributed by atoms with Crippen LogP contribution in [0.1, 0.15) is 14.2 Å². The number of nitrogens with one attached hydrogen (secondary N) is 2. The number of rotatable bonds is 5. The number of amides is 1. The monoisotopic (exact) mass is 345 g/mol. The third-order valence-electron chi connectivity index (χ3n) is 3.42. The molecule has 0 aliphatic rings. The summed E-state index contributed by atoms with van der Waals surface area (Å²) < 4.78 is 0. The van der Waals surface area contributed by atoms with Gasteiger partial charge in [0.05, 0.1) is 5.75 Å². The van der Waals surface area contributed by atoms with Gasteiger partial charge in [0.15, 0.2) is 0 Å². The van der Waals surface area contributed by atoms with Gasteiger partial charge in [0.1, 0.15) is 0 Å². The molecule has 1 aromatic carbocycles. The van der Waals surface area contributed by atoms with Gasteiger partial charge in [-0.15, -0.1) is 5.10 Å². The normalized spacial score (nSPS) is 10.8. The van der Waals surface area contributed by atoms with Gasteiger partial charge in [-0.1, -0.05) is 23.9 Å². The molecule has 0 fully saturated rings. The lowest BCUT2D eigenvalue weighted by molar-refractivity contribution is -0.113. The second kappa shape index (κ2) is 6.92. The van der Waals surface area contributed by atoms with Crippen molar-refractivity contribution in [2.75, 3.05) is 11.1 Å². The second-order valence-corrected chi connectivity index (χ2v) is 6.56. The van der Waals surface area contributed by atoms with Crippen LogP contribution in [0.3, 0.4) is 0 Å². The summed E-state index contributed by atoms with van der Waals surface area (Å²) in [6.07, 6.45) is 0. The highest BCUT2D eigenvalue weighted by molar-refractivity contribution is 7.99. The minimum absolute atomic E-state index is 0. The van der Waals surface area contributed by atoms with Gasteiger partial charge in [0.25, 0.3) is 0 Å². The molecule has 0 saturated carbocycles. The van der Waals surface area contributed by atoms with Crippen molar-refractivity contribution in [3.05, 3.63) is 47.8 Å². The van der Waals surface area contributed by atoms with Crippen LogP contribution < -0.4 is 5.32 Å². The first-order chi connectivity index (χ1) is 11.5. The molecule has 0 radical (unpaired) electrons. The number of carbonyl (C=O) groups is 1. The van der Waals surface area contributed by atoms with Gasteiger partial charge in [0, 0.05) is 27.0 Å². The average molecular weight is 345 g/mol. The molecular weight excluding hydrogens is 322 g/mol. The zero-order chi connectivity index (χ0) is 17.1. The highest BCUT2D eigenvalue weighted by Crippen LogP contribution is 2.23. The van der Waals surface area contributed by atoms with Crippen LogP contribution in [0.5, 0.6) is 0 Å². The van der Waals surface area contributed by atoms with Gasteiger partial charge in [-0.25, -0.2) is 4.80 Å². The molecule has 2 aromatic heterocycles. The minimum Gasteiger partial charge on any atom is -0.325 e. The highest BCUT2D eigenvalue weighted by atomic mass is 32.2. The number of hydrogen-bond acceptors (Lipinski definition) is 4. The number of nitrogens with zero attached hydrogens (tertiary/aromatic N) is 3.